The lowest BCUT2D eigenvalue weighted by atomic mass is 9.84. The highest BCUT2D eigenvalue weighted by Crippen LogP contribution is 2.36. The number of amides is 3. The minimum Gasteiger partial charge on any atom is -0.497 e. The van der Waals surface area contributed by atoms with E-state index in [2.05, 4.69) is 22.5 Å². The Morgan fingerprint density at radius 1 is 0.952 bits per heavy atom. The van der Waals surface area contributed by atoms with Crippen LogP contribution in [0.2, 0.25) is 0 Å². The van der Waals surface area contributed by atoms with Crippen molar-refractivity contribution in [1.82, 2.24) is 10.3 Å². The van der Waals surface area contributed by atoms with Crippen molar-refractivity contribution in [3.63, 3.8) is 0 Å². The Kier molecular flexibility index (Phi) is 11.7. The molecule has 8 nitrogen and oxygen atoms in total. The van der Waals surface area contributed by atoms with E-state index in [1.165, 1.54) is 0 Å². The largest absolute Gasteiger partial charge is 0.497 e. The van der Waals surface area contributed by atoms with Gasteiger partial charge in [0.2, 0.25) is 11.8 Å². The SMILES string of the molecule is CCCCCC(CC(=O)Nc1cc(C(=O)NC(=O)Cc2cccnc2)ccc1C(C)(C)C)c1ccc(OC)cc1OC. The fourth-order valence-electron chi connectivity index (χ4n) is 4.96. The molecule has 0 bridgehead atoms. The smallest absolute Gasteiger partial charge is 0.257 e. The van der Waals surface area contributed by atoms with Crippen LogP contribution in [-0.2, 0) is 21.4 Å². The van der Waals surface area contributed by atoms with E-state index in [4.69, 9.17) is 9.47 Å². The van der Waals surface area contributed by atoms with Crippen molar-refractivity contribution in [2.75, 3.05) is 19.5 Å². The van der Waals surface area contributed by atoms with Crippen molar-refractivity contribution in [3.8, 4) is 11.5 Å². The van der Waals surface area contributed by atoms with Crippen molar-refractivity contribution in [2.45, 2.75) is 77.6 Å². The van der Waals surface area contributed by atoms with Crippen molar-refractivity contribution in [2.24, 2.45) is 0 Å². The average molecular weight is 574 g/mol. The van der Waals surface area contributed by atoms with Gasteiger partial charge < -0.3 is 14.8 Å². The van der Waals surface area contributed by atoms with Gasteiger partial charge in [0.05, 0.1) is 20.6 Å². The van der Waals surface area contributed by atoms with Gasteiger partial charge >= 0.3 is 0 Å². The number of carbonyl (C=O) groups excluding carboxylic acids is 3. The highest BCUT2D eigenvalue weighted by molar-refractivity contribution is 6.06. The molecule has 1 aromatic heterocycles. The molecular weight excluding hydrogens is 530 g/mol. The maximum Gasteiger partial charge on any atom is 0.257 e. The summed E-state index contributed by atoms with van der Waals surface area (Å²) in [5.41, 5.74) is 3.09. The molecule has 3 rings (SSSR count). The summed E-state index contributed by atoms with van der Waals surface area (Å²) in [6.07, 6.45) is 7.46. The van der Waals surface area contributed by atoms with Gasteiger partial charge in [-0.1, -0.05) is 65.2 Å². The molecule has 3 aromatic rings. The summed E-state index contributed by atoms with van der Waals surface area (Å²) in [4.78, 5) is 43.0. The van der Waals surface area contributed by atoms with Crippen molar-refractivity contribution >= 4 is 23.4 Å². The van der Waals surface area contributed by atoms with Crippen LogP contribution < -0.4 is 20.1 Å². The van der Waals surface area contributed by atoms with Crippen molar-refractivity contribution in [1.29, 1.82) is 0 Å². The Labute approximate surface area is 249 Å². The molecule has 2 N–H and O–H groups in total. The van der Waals surface area contributed by atoms with Crippen LogP contribution in [0.3, 0.4) is 0 Å². The lowest BCUT2D eigenvalue weighted by Crippen LogP contribution is -2.32. The van der Waals surface area contributed by atoms with Gasteiger partial charge in [-0.25, -0.2) is 0 Å². The number of hydrogen-bond donors (Lipinski definition) is 2. The Bertz CT molecular complexity index is 1370. The molecule has 0 aliphatic rings. The number of methoxy groups -OCH3 is 2. The van der Waals surface area contributed by atoms with E-state index in [1.807, 2.05) is 45.0 Å². The summed E-state index contributed by atoms with van der Waals surface area (Å²) < 4.78 is 11.0. The number of benzene rings is 2. The maximum atomic E-state index is 13.6. The van der Waals surface area contributed by atoms with Gasteiger partial charge in [0.1, 0.15) is 11.5 Å². The van der Waals surface area contributed by atoms with E-state index in [9.17, 15) is 14.4 Å². The number of aromatic nitrogens is 1. The van der Waals surface area contributed by atoms with E-state index >= 15 is 0 Å². The first-order valence-electron chi connectivity index (χ1n) is 14.4. The summed E-state index contributed by atoms with van der Waals surface area (Å²) in [5, 5.41) is 5.52. The van der Waals surface area contributed by atoms with Crippen LogP contribution in [-0.4, -0.2) is 36.9 Å². The highest BCUT2D eigenvalue weighted by Gasteiger charge is 2.24. The van der Waals surface area contributed by atoms with Gasteiger partial charge in [-0.15, -0.1) is 0 Å². The van der Waals surface area contributed by atoms with Crippen LogP contribution in [0.4, 0.5) is 5.69 Å². The van der Waals surface area contributed by atoms with Crippen molar-refractivity contribution < 1.29 is 23.9 Å². The first-order chi connectivity index (χ1) is 20.0. The molecule has 0 aliphatic heterocycles. The summed E-state index contributed by atoms with van der Waals surface area (Å²) in [6.45, 7) is 8.29. The molecule has 3 amide bonds. The molecule has 42 heavy (non-hydrogen) atoms. The summed E-state index contributed by atoms with van der Waals surface area (Å²) in [6, 6.07) is 14.4. The second kappa shape index (κ2) is 15.1. The Hall–Kier alpha value is -4.20. The maximum absolute atomic E-state index is 13.6. The van der Waals surface area contributed by atoms with Crippen LogP contribution in [0.15, 0.2) is 60.9 Å². The number of nitrogens with zero attached hydrogens (tertiary/aromatic N) is 1. The van der Waals surface area contributed by atoms with Crippen LogP contribution in [0, 0.1) is 0 Å². The molecule has 2 aromatic carbocycles. The molecule has 1 atom stereocenters. The van der Waals surface area contributed by atoms with Gasteiger partial charge in [0, 0.05) is 36.1 Å². The van der Waals surface area contributed by atoms with Gasteiger partial charge in [-0.3, -0.25) is 24.7 Å². The quantitative estimate of drug-likeness (QED) is 0.224. The normalized spacial score (nSPS) is 11.9. The predicted molar refractivity (Wildman–Crippen MR) is 165 cm³/mol. The number of nitrogens with one attached hydrogen (secondary N) is 2. The number of imide groups is 1. The number of ether oxygens (including phenoxy) is 2. The lowest BCUT2D eigenvalue weighted by Gasteiger charge is -2.25. The number of carbonyl (C=O) groups is 3. The number of pyridine rings is 1. The molecule has 8 heteroatoms. The minimum atomic E-state index is -0.528. The Balaban J connectivity index is 1.83. The molecule has 0 saturated heterocycles. The van der Waals surface area contributed by atoms with Gasteiger partial charge in [0.15, 0.2) is 0 Å². The summed E-state index contributed by atoms with van der Waals surface area (Å²) in [5.74, 6) is 0.198. The standard InChI is InChI=1S/C34H43N3O5/c1-7-8-9-12-24(27-15-14-26(41-5)21-30(27)42-6)20-32(39)36-29-19-25(13-16-28(29)34(2,3)4)33(40)37-31(38)18-23-11-10-17-35-22-23/h10-11,13-17,19,21-22,24H,7-9,12,18,20H2,1-6H3,(H,36,39)(H,37,38,40). The summed E-state index contributed by atoms with van der Waals surface area (Å²) in [7, 11) is 3.23. The second-order valence-electron chi connectivity index (χ2n) is 11.5. The van der Waals surface area contributed by atoms with E-state index in [-0.39, 0.29) is 35.6 Å². The zero-order valence-electron chi connectivity index (χ0n) is 25.6. The third-order valence-electron chi connectivity index (χ3n) is 7.17. The zero-order valence-corrected chi connectivity index (χ0v) is 25.6. The monoisotopic (exact) mass is 573 g/mol. The fraction of sp³-hybridized carbons (Fsp3) is 0.412. The number of rotatable bonds is 13. The van der Waals surface area contributed by atoms with E-state index in [0.717, 1.165) is 36.8 Å². The average Bonchev–Trinajstić information content (AvgIpc) is 2.96. The topological polar surface area (TPSA) is 107 Å². The van der Waals surface area contributed by atoms with Gasteiger partial charge in [-0.2, -0.15) is 0 Å². The first kappa shape index (κ1) is 32.3. The van der Waals surface area contributed by atoms with E-state index in [1.54, 1.807) is 50.9 Å². The van der Waals surface area contributed by atoms with Crippen LogP contribution in [0.1, 0.15) is 92.8 Å². The molecule has 0 fully saturated rings. The molecule has 1 unspecified atom stereocenters. The van der Waals surface area contributed by atoms with Crippen LogP contribution >= 0.6 is 0 Å². The van der Waals surface area contributed by atoms with E-state index < -0.39 is 11.8 Å². The van der Waals surface area contributed by atoms with Crippen molar-refractivity contribution in [3.05, 3.63) is 83.2 Å². The molecule has 0 aliphatic carbocycles. The van der Waals surface area contributed by atoms with Crippen LogP contribution in [0.5, 0.6) is 11.5 Å². The Morgan fingerprint density at radius 2 is 1.74 bits per heavy atom. The van der Waals surface area contributed by atoms with Crippen LogP contribution in [0.25, 0.3) is 0 Å². The molecular formula is C34H43N3O5. The minimum absolute atomic E-state index is 0.0392. The number of unbranched alkanes of at least 4 members (excludes halogenated alkanes) is 2. The third-order valence-corrected chi connectivity index (χ3v) is 7.17. The molecule has 0 radical (unpaired) electrons. The molecule has 1 heterocycles. The Morgan fingerprint density at radius 3 is 2.38 bits per heavy atom. The second-order valence-corrected chi connectivity index (χ2v) is 11.5. The van der Waals surface area contributed by atoms with Gasteiger partial charge in [0.25, 0.3) is 5.91 Å². The number of hydrogen-bond acceptors (Lipinski definition) is 6. The predicted octanol–water partition coefficient (Wildman–Crippen LogP) is 6.59. The molecule has 224 valence electrons. The summed E-state index contributed by atoms with van der Waals surface area (Å²) >= 11 is 0. The molecule has 0 saturated carbocycles. The number of anilines is 1. The zero-order chi connectivity index (χ0) is 30.7. The first-order valence-corrected chi connectivity index (χ1v) is 14.4. The molecule has 0 spiro atoms. The third kappa shape index (κ3) is 9.16. The lowest BCUT2D eigenvalue weighted by molar-refractivity contribution is -0.119. The van der Waals surface area contributed by atoms with Gasteiger partial charge in [-0.05, 0) is 58.7 Å². The van der Waals surface area contributed by atoms with E-state index in [0.29, 0.717) is 22.7 Å². The fourth-order valence-corrected chi connectivity index (χ4v) is 4.96. The highest BCUT2D eigenvalue weighted by atomic mass is 16.5.